The molecule has 0 spiro atoms. The summed E-state index contributed by atoms with van der Waals surface area (Å²) in [5.74, 6) is 0. The van der Waals surface area contributed by atoms with Gasteiger partial charge in [-0.25, -0.2) is 23.2 Å². The van der Waals surface area contributed by atoms with E-state index >= 15 is 0 Å². The summed E-state index contributed by atoms with van der Waals surface area (Å²) in [6.45, 7) is 21.4. The molecule has 0 fully saturated rings. The van der Waals surface area contributed by atoms with E-state index in [9.17, 15) is 23.2 Å². The summed E-state index contributed by atoms with van der Waals surface area (Å²) in [7, 11) is 0. The first-order valence-corrected chi connectivity index (χ1v) is 13.2. The van der Waals surface area contributed by atoms with Gasteiger partial charge < -0.3 is 25.3 Å². The second-order valence-electron chi connectivity index (χ2n) is 12.5. The first-order chi connectivity index (χ1) is 17.4. The number of ether oxygens (including phenoxy) is 3. The van der Waals surface area contributed by atoms with E-state index in [0.717, 1.165) is 0 Å². The topological polar surface area (TPSA) is 153 Å². The van der Waals surface area contributed by atoms with Crippen molar-refractivity contribution in [2.45, 2.75) is 126 Å². The molecule has 0 aliphatic rings. The van der Waals surface area contributed by atoms with E-state index in [0.29, 0.717) is 0 Å². The Morgan fingerprint density at radius 2 is 0.857 bits per heavy atom. The monoisotopic (exact) mass is 669 g/mol. The van der Waals surface area contributed by atoms with E-state index in [1.54, 1.807) is 62.3 Å². The lowest BCUT2D eigenvalue weighted by Gasteiger charge is -2.21. The minimum Gasteiger partial charge on any atom is -0.444 e. The third-order valence-corrected chi connectivity index (χ3v) is 3.45. The van der Waals surface area contributed by atoms with Crippen molar-refractivity contribution in [2.75, 3.05) is 13.1 Å². The summed E-state index contributed by atoms with van der Waals surface area (Å²) in [5, 5.41) is 9.20. The van der Waals surface area contributed by atoms with Crippen molar-refractivity contribution in [3.05, 3.63) is 0 Å². The Kier molecular flexibility index (Phi) is 24.5. The number of hydrogen-bond acceptors (Lipinski definition) is 9. The third kappa shape index (κ3) is 44.9. The molecule has 0 aliphatic heterocycles. The number of hydrogen-bond donors (Lipinski definition) is 5. The Labute approximate surface area is 267 Å². The Morgan fingerprint density at radius 3 is 1.05 bits per heavy atom. The Hall–Kier alpha value is -2.10. The number of thiocarbonyl (C=S) groups is 2. The van der Waals surface area contributed by atoms with E-state index in [1.165, 1.54) is 27.7 Å². The fraction of sp³-hybridized carbons (Fsp3) is 0.808. The van der Waals surface area contributed by atoms with Crippen molar-refractivity contribution in [1.29, 1.82) is 0 Å². The maximum Gasteiger partial charge on any atom is 0.413 e. The lowest BCUT2D eigenvalue weighted by Crippen LogP contribution is -2.45. The smallest absolute Gasteiger partial charge is 0.413 e. The van der Waals surface area contributed by atoms with E-state index in [4.69, 9.17) is 44.4 Å². The molecule has 252 valence electrons. The van der Waals surface area contributed by atoms with Crippen LogP contribution in [0, 0.1) is 0 Å². The predicted molar refractivity (Wildman–Crippen MR) is 175 cm³/mol. The molecule has 0 saturated heterocycles. The summed E-state index contributed by atoms with van der Waals surface area (Å²) >= 11 is 9.56. The maximum atomic E-state index is 13.1. The zero-order valence-electron chi connectivity index (χ0n) is 26.4. The van der Waals surface area contributed by atoms with E-state index in [2.05, 4.69) is 21.3 Å². The zero-order valence-corrected chi connectivity index (χ0v) is 28.9. The lowest BCUT2D eigenvalue weighted by molar-refractivity contribution is 0.0536. The van der Waals surface area contributed by atoms with Crippen LogP contribution in [0.2, 0.25) is 0 Å². The molecule has 0 unspecified atom stereocenters. The number of carbonyl (C=O) groups excluding carboxylic acids is 3. The molecule has 0 saturated carbocycles. The molecule has 0 aromatic carbocycles. The standard InChI is InChI=1S/C11H20N2O4S.C10H19FN2O2S.C4H10FN.CH4.ClH/c1-10(2,3)16-8(14)12-7(18)13-9(15)17-11(4,5)6;1-9(2,3)15-8(14)13-7(16)12-6-10(4,5)11;1-4(2,5)3-6;;/h1-6H3,(H2,12,13,14,15,18);6H2,1-5H3,(H2,12,13,14,16);3,6H2,1-2H3;1H4;1H. The van der Waals surface area contributed by atoms with Crippen molar-refractivity contribution < 1.29 is 37.4 Å². The summed E-state index contributed by atoms with van der Waals surface area (Å²) < 4.78 is 40.0. The second-order valence-corrected chi connectivity index (χ2v) is 13.4. The van der Waals surface area contributed by atoms with Crippen LogP contribution in [0.5, 0.6) is 0 Å². The fourth-order valence-corrected chi connectivity index (χ4v) is 1.88. The van der Waals surface area contributed by atoms with Crippen molar-refractivity contribution in [3.8, 4) is 0 Å². The number of alkyl halides is 2. The molecular weight excluding hydrogens is 616 g/mol. The quantitative estimate of drug-likeness (QED) is 0.173. The highest BCUT2D eigenvalue weighted by Gasteiger charge is 2.21. The molecule has 0 atom stereocenters. The number of halogens is 3. The van der Waals surface area contributed by atoms with Gasteiger partial charge in [-0.3, -0.25) is 16.0 Å². The number of alkyl carbamates (subject to hydrolysis) is 3. The Bertz CT molecular complexity index is 817. The predicted octanol–water partition coefficient (Wildman–Crippen LogP) is 6.21. The van der Waals surface area contributed by atoms with Gasteiger partial charge in [0, 0.05) is 6.54 Å². The van der Waals surface area contributed by atoms with Gasteiger partial charge in [-0.2, -0.15) is 0 Å². The van der Waals surface area contributed by atoms with Crippen LogP contribution in [-0.4, -0.2) is 69.7 Å². The van der Waals surface area contributed by atoms with Crippen LogP contribution < -0.4 is 27.0 Å². The first-order valence-electron chi connectivity index (χ1n) is 12.3. The van der Waals surface area contributed by atoms with Crippen LogP contribution in [0.15, 0.2) is 0 Å². The van der Waals surface area contributed by atoms with Gasteiger partial charge in [0.2, 0.25) is 0 Å². The molecule has 11 nitrogen and oxygen atoms in total. The lowest BCUT2D eigenvalue weighted by atomic mass is 10.2. The minimum atomic E-state index is -1.39. The van der Waals surface area contributed by atoms with Gasteiger partial charge in [0.05, 0.1) is 6.54 Å². The van der Waals surface area contributed by atoms with Gasteiger partial charge in [0.25, 0.3) is 0 Å². The van der Waals surface area contributed by atoms with Crippen LogP contribution in [-0.2, 0) is 14.2 Å². The fourth-order valence-electron chi connectivity index (χ4n) is 1.55. The van der Waals surface area contributed by atoms with Crippen LogP contribution >= 0.6 is 36.8 Å². The third-order valence-electron chi connectivity index (χ3n) is 3.00. The van der Waals surface area contributed by atoms with Crippen LogP contribution in [0.3, 0.4) is 0 Å². The summed E-state index contributed by atoms with van der Waals surface area (Å²) in [4.78, 5) is 33.9. The molecule has 0 aliphatic carbocycles. The SMILES string of the molecule is C.CC(C)(C)OC(=O)NC(=S)NC(=O)OC(C)(C)C.CC(C)(F)CN.CC(C)(F)CNC(=S)NC(=O)OC(C)(C)C.Cl. The number of carbonyl (C=O) groups is 3. The number of nitrogens with two attached hydrogens (primary N) is 1. The summed E-state index contributed by atoms with van der Waals surface area (Å²) in [6.07, 6.45) is -2.12. The normalized spacial score (nSPS) is 11.1. The first kappa shape index (κ1) is 49.6. The molecule has 0 rings (SSSR count). The molecule has 0 radical (unpaired) electrons. The van der Waals surface area contributed by atoms with E-state index in [-0.39, 0.29) is 43.1 Å². The van der Waals surface area contributed by atoms with Crippen molar-refractivity contribution in [2.24, 2.45) is 5.73 Å². The molecule has 42 heavy (non-hydrogen) atoms. The molecule has 0 aromatic rings. The van der Waals surface area contributed by atoms with E-state index in [1.807, 2.05) is 0 Å². The molecular formula is C26H54ClF2N5O6S2. The molecule has 16 heteroatoms. The van der Waals surface area contributed by atoms with E-state index < -0.39 is 46.4 Å². The molecule has 0 aromatic heterocycles. The number of amides is 3. The van der Waals surface area contributed by atoms with Crippen molar-refractivity contribution in [1.82, 2.24) is 21.3 Å². The Balaban J connectivity index is -0.000000176. The highest BCUT2D eigenvalue weighted by molar-refractivity contribution is 7.80. The molecule has 0 bridgehead atoms. The van der Waals surface area contributed by atoms with Crippen molar-refractivity contribution >= 4 is 65.3 Å². The summed E-state index contributed by atoms with van der Waals surface area (Å²) in [6, 6.07) is 0. The van der Waals surface area contributed by atoms with Gasteiger partial charge in [-0.1, -0.05) is 7.43 Å². The maximum absolute atomic E-state index is 13.1. The average Bonchev–Trinajstić information content (AvgIpc) is 2.61. The molecule has 6 N–H and O–H groups in total. The Morgan fingerprint density at radius 1 is 0.619 bits per heavy atom. The molecule has 3 amide bonds. The van der Waals surface area contributed by atoms with Crippen LogP contribution in [0.25, 0.3) is 0 Å². The molecule has 0 heterocycles. The van der Waals surface area contributed by atoms with Crippen LogP contribution in [0.1, 0.15) is 97.4 Å². The van der Waals surface area contributed by atoms with Crippen LogP contribution in [0.4, 0.5) is 23.2 Å². The highest BCUT2D eigenvalue weighted by Crippen LogP contribution is 2.08. The largest absolute Gasteiger partial charge is 0.444 e. The zero-order chi connectivity index (χ0) is 32.8. The van der Waals surface area contributed by atoms with Gasteiger partial charge in [0.15, 0.2) is 10.2 Å². The second kappa shape index (κ2) is 20.7. The highest BCUT2D eigenvalue weighted by atomic mass is 35.5. The number of rotatable bonds is 3. The summed E-state index contributed by atoms with van der Waals surface area (Å²) in [5.41, 5.74) is 0.510. The number of nitrogens with one attached hydrogen (secondary N) is 4. The van der Waals surface area contributed by atoms with Crippen molar-refractivity contribution in [3.63, 3.8) is 0 Å². The van der Waals surface area contributed by atoms with Gasteiger partial charge in [-0.15, -0.1) is 12.4 Å². The average molecular weight is 670 g/mol. The minimum absolute atomic E-state index is 0. The van der Waals surface area contributed by atoms with Gasteiger partial charge in [-0.05, 0) is 114 Å². The van der Waals surface area contributed by atoms with Gasteiger partial charge >= 0.3 is 18.3 Å². The van der Waals surface area contributed by atoms with Gasteiger partial charge in [0.1, 0.15) is 28.1 Å².